The van der Waals surface area contributed by atoms with Gasteiger partial charge in [0.25, 0.3) is 0 Å². The first kappa shape index (κ1) is 16.9. The minimum Gasteiger partial charge on any atom is -0.458 e. The Balaban J connectivity index is 2.19. The van der Waals surface area contributed by atoms with E-state index in [0.29, 0.717) is 0 Å². The Hall–Kier alpha value is -0.460. The number of ether oxygens (including phenoxy) is 3. The summed E-state index contributed by atoms with van der Waals surface area (Å²) in [6, 6.07) is 0. The van der Waals surface area contributed by atoms with Crippen LogP contribution in [0.1, 0.15) is 34.1 Å². The van der Waals surface area contributed by atoms with Crippen molar-refractivity contribution in [3.05, 3.63) is 0 Å². The molecule has 0 N–H and O–H groups in total. The van der Waals surface area contributed by atoms with Crippen LogP contribution in [0.3, 0.4) is 0 Å². The molecule has 2 rings (SSSR count). The average molecular weight is 322 g/mol. The summed E-state index contributed by atoms with van der Waals surface area (Å²) in [5.74, 6) is -1.16. The Bertz CT molecular complexity index is 426. The van der Waals surface area contributed by atoms with E-state index in [4.69, 9.17) is 23.3 Å². The number of cyclic esters (lactones) is 1. The molecule has 0 amide bonds. The molecule has 122 valence electrons. The maximum Gasteiger partial charge on any atom is 0.338 e. The van der Waals surface area contributed by atoms with E-state index in [1.165, 1.54) is 0 Å². The third kappa shape index (κ3) is 3.66. The Kier molecular flexibility index (Phi) is 5.11. The van der Waals surface area contributed by atoms with Crippen LogP contribution < -0.4 is 0 Å². The summed E-state index contributed by atoms with van der Waals surface area (Å²) in [6.07, 6.45) is -1.14. The Morgan fingerprint density at radius 1 is 1.29 bits per heavy atom. The van der Waals surface area contributed by atoms with Gasteiger partial charge in [-0.15, -0.1) is 0 Å². The highest BCUT2D eigenvalue weighted by atomic mass is 31.2. The van der Waals surface area contributed by atoms with E-state index < -0.39 is 37.2 Å². The highest BCUT2D eigenvalue weighted by Crippen LogP contribution is 2.58. The SMILES string of the molecule is CCOP(=O)(OCC)[C@@H]1CC(=O)O[C@H]1[C@H]1COC(C)(C)O1. The predicted octanol–water partition coefficient (Wildman–Crippen LogP) is 2.09. The van der Waals surface area contributed by atoms with Crippen molar-refractivity contribution in [1.29, 1.82) is 0 Å². The van der Waals surface area contributed by atoms with Crippen molar-refractivity contribution >= 4 is 13.6 Å². The molecule has 3 atom stereocenters. The van der Waals surface area contributed by atoms with E-state index in [1.807, 2.05) is 0 Å². The van der Waals surface area contributed by atoms with Crippen molar-refractivity contribution in [3.63, 3.8) is 0 Å². The molecule has 7 nitrogen and oxygen atoms in total. The third-order valence-electron chi connectivity index (χ3n) is 3.44. The number of rotatable bonds is 6. The number of carbonyl (C=O) groups excluding carboxylic acids is 1. The fourth-order valence-electron chi connectivity index (χ4n) is 2.65. The molecule has 0 aromatic heterocycles. The summed E-state index contributed by atoms with van der Waals surface area (Å²) >= 11 is 0. The monoisotopic (exact) mass is 322 g/mol. The lowest BCUT2D eigenvalue weighted by atomic mass is 10.1. The zero-order valence-electron chi connectivity index (χ0n) is 12.9. The van der Waals surface area contributed by atoms with E-state index >= 15 is 0 Å². The first-order valence-corrected chi connectivity index (χ1v) is 8.82. The molecule has 0 radical (unpaired) electrons. The summed E-state index contributed by atoms with van der Waals surface area (Å²) in [4.78, 5) is 11.7. The molecule has 0 aromatic rings. The number of hydrogen-bond donors (Lipinski definition) is 0. The lowest BCUT2D eigenvalue weighted by molar-refractivity contribution is -0.161. The van der Waals surface area contributed by atoms with Crippen LogP contribution in [0.2, 0.25) is 0 Å². The van der Waals surface area contributed by atoms with Gasteiger partial charge in [0, 0.05) is 0 Å². The summed E-state index contributed by atoms with van der Waals surface area (Å²) < 4.78 is 40.2. The smallest absolute Gasteiger partial charge is 0.338 e. The molecule has 0 aliphatic carbocycles. The van der Waals surface area contributed by atoms with Gasteiger partial charge < -0.3 is 23.3 Å². The fraction of sp³-hybridized carbons (Fsp3) is 0.923. The molecule has 21 heavy (non-hydrogen) atoms. The first-order chi connectivity index (χ1) is 9.81. The highest BCUT2D eigenvalue weighted by molar-refractivity contribution is 7.54. The molecule has 8 heteroatoms. The largest absolute Gasteiger partial charge is 0.458 e. The maximum atomic E-state index is 12.9. The van der Waals surface area contributed by atoms with E-state index in [9.17, 15) is 9.36 Å². The minimum atomic E-state index is -3.44. The highest BCUT2D eigenvalue weighted by Gasteiger charge is 2.54. The molecule has 0 spiro atoms. The van der Waals surface area contributed by atoms with Gasteiger partial charge in [0.1, 0.15) is 17.9 Å². The van der Waals surface area contributed by atoms with Crippen LogP contribution in [0, 0.1) is 0 Å². The van der Waals surface area contributed by atoms with Crippen LogP contribution >= 0.6 is 7.60 Å². The van der Waals surface area contributed by atoms with E-state index in [0.717, 1.165) is 0 Å². The van der Waals surface area contributed by atoms with Gasteiger partial charge in [0.15, 0.2) is 5.79 Å². The Morgan fingerprint density at radius 3 is 2.38 bits per heavy atom. The first-order valence-electron chi connectivity index (χ1n) is 7.21. The van der Waals surface area contributed by atoms with Crippen molar-refractivity contribution in [2.45, 2.75) is 57.8 Å². The zero-order chi connectivity index (χ0) is 15.7. The van der Waals surface area contributed by atoms with Gasteiger partial charge >= 0.3 is 13.6 Å². The van der Waals surface area contributed by atoms with Crippen molar-refractivity contribution < 1.29 is 32.6 Å². The molecule has 0 saturated carbocycles. The van der Waals surface area contributed by atoms with Gasteiger partial charge in [-0.25, -0.2) is 0 Å². The number of esters is 1. The molecule has 2 fully saturated rings. The van der Waals surface area contributed by atoms with E-state index in [-0.39, 0.29) is 26.2 Å². The topological polar surface area (TPSA) is 80.3 Å². The maximum absolute atomic E-state index is 12.9. The number of carbonyl (C=O) groups is 1. The molecule has 2 aliphatic rings. The molecule has 2 aliphatic heterocycles. The summed E-state index contributed by atoms with van der Waals surface area (Å²) in [5, 5.41) is 0. The fourth-order valence-corrected chi connectivity index (χ4v) is 4.81. The second kappa shape index (κ2) is 6.34. The van der Waals surface area contributed by atoms with Gasteiger partial charge in [0.2, 0.25) is 0 Å². The summed E-state index contributed by atoms with van der Waals surface area (Å²) in [6.45, 7) is 7.78. The molecule has 0 bridgehead atoms. The predicted molar refractivity (Wildman–Crippen MR) is 74.0 cm³/mol. The van der Waals surface area contributed by atoms with Gasteiger partial charge in [-0.3, -0.25) is 9.36 Å². The van der Waals surface area contributed by atoms with Crippen LogP contribution in [0.5, 0.6) is 0 Å². The van der Waals surface area contributed by atoms with Crippen LogP contribution in [0.15, 0.2) is 0 Å². The zero-order valence-corrected chi connectivity index (χ0v) is 13.8. The van der Waals surface area contributed by atoms with Crippen molar-refractivity contribution in [2.24, 2.45) is 0 Å². The van der Waals surface area contributed by atoms with E-state index in [1.54, 1.807) is 27.7 Å². The Labute approximate surface area is 124 Å². The Morgan fingerprint density at radius 2 is 1.90 bits per heavy atom. The molecule has 0 aromatic carbocycles. The van der Waals surface area contributed by atoms with Crippen molar-refractivity contribution in [2.75, 3.05) is 19.8 Å². The molecule has 2 heterocycles. The second-order valence-corrected chi connectivity index (χ2v) is 7.73. The summed E-state index contributed by atoms with van der Waals surface area (Å²) in [7, 11) is -3.44. The van der Waals surface area contributed by atoms with Crippen LogP contribution in [-0.4, -0.2) is 49.4 Å². The standard InChI is InChI=1S/C13H23O7P/c1-5-17-21(15,18-6-2)10-7-11(14)19-12(10)9-8-16-13(3,4)20-9/h9-10,12H,5-8H2,1-4H3/t9-,10-,12+/m1/s1. The molecular formula is C13H23O7P. The van der Waals surface area contributed by atoms with Crippen molar-refractivity contribution in [1.82, 2.24) is 0 Å². The normalized spacial score (nSPS) is 32.4. The quantitative estimate of drug-likeness (QED) is 0.547. The molecule has 0 unspecified atom stereocenters. The van der Waals surface area contributed by atoms with Crippen LogP contribution in [-0.2, 0) is 32.6 Å². The lowest BCUT2D eigenvalue weighted by Crippen LogP contribution is -2.38. The molecular weight excluding hydrogens is 299 g/mol. The minimum absolute atomic E-state index is 0.00222. The van der Waals surface area contributed by atoms with Crippen LogP contribution in [0.4, 0.5) is 0 Å². The third-order valence-corrected chi connectivity index (χ3v) is 5.97. The number of hydrogen-bond acceptors (Lipinski definition) is 7. The van der Waals surface area contributed by atoms with Gasteiger partial charge in [0.05, 0.1) is 26.2 Å². The summed E-state index contributed by atoms with van der Waals surface area (Å²) in [5.41, 5.74) is -0.660. The van der Waals surface area contributed by atoms with Gasteiger partial charge in [-0.2, -0.15) is 0 Å². The second-order valence-electron chi connectivity index (χ2n) is 5.47. The lowest BCUT2D eigenvalue weighted by Gasteiger charge is -2.28. The van der Waals surface area contributed by atoms with Gasteiger partial charge in [-0.1, -0.05) is 0 Å². The average Bonchev–Trinajstić information content (AvgIpc) is 2.93. The molecule has 2 saturated heterocycles. The van der Waals surface area contributed by atoms with Gasteiger partial charge in [-0.05, 0) is 27.7 Å². The van der Waals surface area contributed by atoms with E-state index in [2.05, 4.69) is 0 Å². The van der Waals surface area contributed by atoms with Crippen LogP contribution in [0.25, 0.3) is 0 Å². The van der Waals surface area contributed by atoms with Crippen molar-refractivity contribution in [3.8, 4) is 0 Å².